The molecule has 1 aliphatic heterocycles. The molecule has 0 saturated carbocycles. The van der Waals surface area contributed by atoms with Crippen LogP contribution in [0.15, 0.2) is 12.1 Å². The highest BCUT2D eigenvalue weighted by Crippen LogP contribution is 2.23. The van der Waals surface area contributed by atoms with Crippen molar-refractivity contribution in [2.24, 2.45) is 11.7 Å². The first-order chi connectivity index (χ1) is 8.08. The van der Waals surface area contributed by atoms with Gasteiger partial charge < -0.3 is 15.7 Å². The zero-order valence-electron chi connectivity index (χ0n) is 9.71. The van der Waals surface area contributed by atoms with Crippen molar-refractivity contribution in [1.29, 1.82) is 0 Å². The Kier molecular flexibility index (Phi) is 3.23. The van der Waals surface area contributed by atoms with Crippen LogP contribution in [-0.2, 0) is 0 Å². The van der Waals surface area contributed by atoms with E-state index < -0.39 is 5.91 Å². The Morgan fingerprint density at radius 1 is 1.59 bits per heavy atom. The Bertz CT molecular complexity index is 404. The molecule has 0 spiro atoms. The molecule has 1 aromatic rings. The molecule has 0 aromatic carbocycles. The monoisotopic (exact) mass is 236 g/mol. The molecule has 3 N–H and O–H groups in total. The molecular formula is C11H16N4O2. The molecule has 6 heteroatoms. The fraction of sp³-hybridized carbons (Fsp3) is 0.545. The third-order valence-electron chi connectivity index (χ3n) is 3.13. The number of nitrogens with zero attached hydrogens (tertiary/aromatic N) is 3. The Hall–Kier alpha value is -1.69. The van der Waals surface area contributed by atoms with Crippen LogP contribution < -0.4 is 10.6 Å². The van der Waals surface area contributed by atoms with E-state index in [4.69, 9.17) is 5.73 Å². The summed E-state index contributed by atoms with van der Waals surface area (Å²) < 4.78 is 0. The molecule has 1 aliphatic rings. The van der Waals surface area contributed by atoms with E-state index in [2.05, 4.69) is 15.1 Å². The SMILES string of the molecule is CC(O)C1CCN(c2ccc(C(N)=O)nn2)C1. The van der Waals surface area contributed by atoms with Crippen LogP contribution in [-0.4, -0.2) is 40.4 Å². The zero-order valence-corrected chi connectivity index (χ0v) is 9.71. The maximum absolute atomic E-state index is 10.8. The Labute approximate surface area is 99.4 Å². The number of primary amides is 1. The highest BCUT2D eigenvalue weighted by Gasteiger charge is 2.26. The van der Waals surface area contributed by atoms with Crippen molar-refractivity contribution in [3.05, 3.63) is 17.8 Å². The van der Waals surface area contributed by atoms with E-state index in [1.54, 1.807) is 19.1 Å². The minimum absolute atomic E-state index is 0.167. The van der Waals surface area contributed by atoms with Crippen LogP contribution in [0.3, 0.4) is 0 Å². The summed E-state index contributed by atoms with van der Waals surface area (Å²) >= 11 is 0. The number of aliphatic hydroxyl groups is 1. The van der Waals surface area contributed by atoms with E-state index in [0.717, 1.165) is 25.3 Å². The van der Waals surface area contributed by atoms with Crippen LogP contribution in [0.2, 0.25) is 0 Å². The summed E-state index contributed by atoms with van der Waals surface area (Å²) in [5.41, 5.74) is 5.26. The van der Waals surface area contributed by atoms with Crippen LogP contribution >= 0.6 is 0 Å². The molecular weight excluding hydrogens is 220 g/mol. The van der Waals surface area contributed by atoms with E-state index in [1.165, 1.54) is 0 Å². The van der Waals surface area contributed by atoms with Crippen molar-refractivity contribution in [3.8, 4) is 0 Å². The van der Waals surface area contributed by atoms with E-state index in [9.17, 15) is 9.90 Å². The third-order valence-corrected chi connectivity index (χ3v) is 3.13. The van der Waals surface area contributed by atoms with Crippen molar-refractivity contribution in [2.75, 3.05) is 18.0 Å². The first-order valence-corrected chi connectivity index (χ1v) is 5.64. The van der Waals surface area contributed by atoms with Crippen molar-refractivity contribution < 1.29 is 9.90 Å². The topological polar surface area (TPSA) is 92.3 Å². The van der Waals surface area contributed by atoms with Crippen molar-refractivity contribution in [3.63, 3.8) is 0 Å². The predicted octanol–water partition coefficient (Wildman–Crippen LogP) is -0.217. The number of carbonyl (C=O) groups is 1. The molecule has 1 amide bonds. The Balaban J connectivity index is 2.06. The second kappa shape index (κ2) is 4.67. The first-order valence-electron chi connectivity index (χ1n) is 5.64. The lowest BCUT2D eigenvalue weighted by Crippen LogP contribution is -2.25. The van der Waals surface area contributed by atoms with E-state index in [0.29, 0.717) is 0 Å². The van der Waals surface area contributed by atoms with Crippen LogP contribution in [0.5, 0.6) is 0 Å². The van der Waals surface area contributed by atoms with Gasteiger partial charge in [-0.1, -0.05) is 0 Å². The normalized spacial score (nSPS) is 21.5. The smallest absolute Gasteiger partial charge is 0.269 e. The molecule has 6 nitrogen and oxygen atoms in total. The number of amides is 1. The molecule has 2 atom stereocenters. The van der Waals surface area contributed by atoms with Gasteiger partial charge in [-0.15, -0.1) is 10.2 Å². The molecule has 92 valence electrons. The third kappa shape index (κ3) is 2.52. The summed E-state index contributed by atoms with van der Waals surface area (Å²) in [7, 11) is 0. The molecule has 1 fully saturated rings. The van der Waals surface area contributed by atoms with Crippen molar-refractivity contribution in [2.45, 2.75) is 19.4 Å². The first kappa shape index (κ1) is 11.8. The lowest BCUT2D eigenvalue weighted by molar-refractivity contribution is 0.0994. The van der Waals surface area contributed by atoms with Gasteiger partial charge in [0.1, 0.15) is 0 Å². The van der Waals surface area contributed by atoms with Gasteiger partial charge in [0.2, 0.25) is 0 Å². The zero-order chi connectivity index (χ0) is 12.4. The summed E-state index contributed by atoms with van der Waals surface area (Å²) in [6, 6.07) is 3.30. The number of anilines is 1. The number of nitrogens with two attached hydrogens (primary N) is 1. The average molecular weight is 236 g/mol. The van der Waals surface area contributed by atoms with Crippen LogP contribution in [0.1, 0.15) is 23.8 Å². The predicted molar refractivity (Wildman–Crippen MR) is 62.6 cm³/mol. The van der Waals surface area contributed by atoms with Gasteiger partial charge in [0.25, 0.3) is 5.91 Å². The summed E-state index contributed by atoms with van der Waals surface area (Å²) in [6.07, 6.45) is 0.634. The molecule has 0 aliphatic carbocycles. The maximum atomic E-state index is 10.8. The van der Waals surface area contributed by atoms with E-state index in [-0.39, 0.29) is 17.7 Å². The molecule has 0 bridgehead atoms. The molecule has 1 saturated heterocycles. The Morgan fingerprint density at radius 2 is 2.35 bits per heavy atom. The molecule has 2 unspecified atom stereocenters. The minimum atomic E-state index is -0.577. The van der Waals surface area contributed by atoms with Gasteiger partial charge in [-0.3, -0.25) is 4.79 Å². The quantitative estimate of drug-likeness (QED) is 0.757. The summed E-state index contributed by atoms with van der Waals surface area (Å²) in [4.78, 5) is 12.9. The van der Waals surface area contributed by atoms with Gasteiger partial charge in [-0.25, -0.2) is 0 Å². The molecule has 2 heterocycles. The maximum Gasteiger partial charge on any atom is 0.269 e. The number of aromatic nitrogens is 2. The van der Waals surface area contributed by atoms with Crippen molar-refractivity contribution >= 4 is 11.7 Å². The number of rotatable bonds is 3. The number of aliphatic hydroxyl groups excluding tert-OH is 1. The van der Waals surface area contributed by atoms with Crippen LogP contribution in [0.4, 0.5) is 5.82 Å². The van der Waals surface area contributed by atoms with Crippen molar-refractivity contribution in [1.82, 2.24) is 10.2 Å². The largest absolute Gasteiger partial charge is 0.393 e. The summed E-state index contributed by atoms with van der Waals surface area (Å²) in [5.74, 6) is 0.415. The van der Waals surface area contributed by atoms with E-state index in [1.807, 2.05) is 0 Å². The standard InChI is InChI=1S/C11H16N4O2/c1-7(16)8-4-5-15(6-8)10-3-2-9(11(12)17)13-14-10/h2-3,7-8,16H,4-6H2,1H3,(H2,12,17). The molecule has 2 rings (SSSR count). The number of hydrogen-bond donors (Lipinski definition) is 2. The highest BCUT2D eigenvalue weighted by atomic mass is 16.3. The van der Waals surface area contributed by atoms with E-state index >= 15 is 0 Å². The molecule has 1 aromatic heterocycles. The second-order valence-corrected chi connectivity index (χ2v) is 4.38. The fourth-order valence-corrected chi connectivity index (χ4v) is 2.01. The highest BCUT2D eigenvalue weighted by molar-refractivity contribution is 5.90. The van der Waals surface area contributed by atoms with Gasteiger partial charge in [0.05, 0.1) is 6.10 Å². The Morgan fingerprint density at radius 3 is 2.82 bits per heavy atom. The lowest BCUT2D eigenvalue weighted by Gasteiger charge is -2.17. The van der Waals surface area contributed by atoms with Crippen LogP contribution in [0.25, 0.3) is 0 Å². The fourth-order valence-electron chi connectivity index (χ4n) is 2.01. The number of hydrogen-bond acceptors (Lipinski definition) is 5. The van der Waals surface area contributed by atoms with Gasteiger partial charge in [-0.2, -0.15) is 0 Å². The lowest BCUT2D eigenvalue weighted by atomic mass is 10.0. The van der Waals surface area contributed by atoms with Gasteiger partial charge in [-0.05, 0) is 25.5 Å². The van der Waals surface area contributed by atoms with Gasteiger partial charge in [0.15, 0.2) is 11.5 Å². The molecule has 17 heavy (non-hydrogen) atoms. The summed E-state index contributed by atoms with van der Waals surface area (Å²) in [6.45, 7) is 3.42. The van der Waals surface area contributed by atoms with Gasteiger partial charge in [0, 0.05) is 19.0 Å². The van der Waals surface area contributed by atoms with Gasteiger partial charge >= 0.3 is 0 Å². The molecule has 0 radical (unpaired) electrons. The van der Waals surface area contributed by atoms with Crippen LogP contribution in [0, 0.1) is 5.92 Å². The average Bonchev–Trinajstić information content (AvgIpc) is 2.78. The minimum Gasteiger partial charge on any atom is -0.393 e. The second-order valence-electron chi connectivity index (χ2n) is 4.38. The number of carbonyl (C=O) groups excluding carboxylic acids is 1. The summed E-state index contributed by atoms with van der Waals surface area (Å²) in [5, 5.41) is 17.2.